The maximum absolute atomic E-state index is 12.6. The number of nitrogens with zero attached hydrogens (tertiary/aromatic N) is 1. The molecule has 2 rings (SSSR count). The molecule has 1 aliphatic heterocycles. The second kappa shape index (κ2) is 9.69. The van der Waals surface area contributed by atoms with E-state index in [4.69, 9.17) is 14.2 Å². The van der Waals surface area contributed by atoms with Gasteiger partial charge in [0.2, 0.25) is 5.60 Å². The number of hydrogen-bond acceptors (Lipinski definition) is 7. The van der Waals surface area contributed by atoms with Gasteiger partial charge in [-0.1, -0.05) is 15.9 Å². The molecule has 12 heteroatoms. The van der Waals surface area contributed by atoms with Crippen molar-refractivity contribution in [2.45, 2.75) is 70.8 Å². The van der Waals surface area contributed by atoms with Gasteiger partial charge in [0.05, 0.1) is 12.2 Å². The molecular weight excluding hydrogens is 516 g/mol. The fraction of sp³-hybridized carbons (Fsp3) is 0.545. The molecule has 1 fully saturated rings. The number of hydrogen-bond donors (Lipinski definition) is 3. The van der Waals surface area contributed by atoms with E-state index in [1.807, 2.05) is 0 Å². The third kappa shape index (κ3) is 6.99. The molecule has 2 amide bonds. The standard InChI is InChI=1S/C22H29BrN2O9/c1-20(2,3)33-18(30)24-13-8-7-12(23)9-15(13)32-22(17(28)29)10-14(16(26)27)25(11-22)19(31)34-21(4,5)6/h7-9,14H,10-11H2,1-6H3,(H,24,30)(H,26,27)(H,28,29)/t14-,22+/m0/s1. The molecule has 11 nitrogen and oxygen atoms in total. The number of rotatable bonds is 5. The van der Waals surface area contributed by atoms with Crippen molar-refractivity contribution in [1.29, 1.82) is 0 Å². The van der Waals surface area contributed by atoms with Crippen LogP contribution in [-0.4, -0.2) is 68.6 Å². The fourth-order valence-electron chi connectivity index (χ4n) is 3.19. The van der Waals surface area contributed by atoms with Gasteiger partial charge in [-0.2, -0.15) is 0 Å². The molecule has 1 aliphatic rings. The monoisotopic (exact) mass is 544 g/mol. The van der Waals surface area contributed by atoms with Crippen LogP contribution in [0.15, 0.2) is 22.7 Å². The van der Waals surface area contributed by atoms with Crippen LogP contribution in [0.4, 0.5) is 15.3 Å². The summed E-state index contributed by atoms with van der Waals surface area (Å²) in [6.07, 6.45) is -2.32. The van der Waals surface area contributed by atoms with Crippen molar-refractivity contribution < 1.29 is 43.6 Å². The molecule has 2 atom stereocenters. The van der Waals surface area contributed by atoms with Gasteiger partial charge < -0.3 is 24.4 Å². The molecule has 1 aromatic rings. The molecule has 0 unspecified atom stereocenters. The summed E-state index contributed by atoms with van der Waals surface area (Å²) in [5, 5.41) is 22.2. The molecule has 0 aliphatic carbocycles. The number of anilines is 1. The minimum Gasteiger partial charge on any atom is -0.480 e. The Labute approximate surface area is 205 Å². The van der Waals surface area contributed by atoms with Crippen LogP contribution in [0.1, 0.15) is 48.0 Å². The highest BCUT2D eigenvalue weighted by molar-refractivity contribution is 9.10. The minimum absolute atomic E-state index is 0.0576. The normalized spacial score (nSPS) is 20.4. The van der Waals surface area contributed by atoms with Gasteiger partial charge in [0.25, 0.3) is 0 Å². The van der Waals surface area contributed by atoms with Gasteiger partial charge in [0.1, 0.15) is 23.0 Å². The van der Waals surface area contributed by atoms with E-state index in [1.165, 1.54) is 12.1 Å². The van der Waals surface area contributed by atoms with Crippen LogP contribution in [-0.2, 0) is 19.1 Å². The van der Waals surface area contributed by atoms with Crippen molar-refractivity contribution in [2.75, 3.05) is 11.9 Å². The molecule has 0 spiro atoms. The zero-order chi connectivity index (χ0) is 26.1. The van der Waals surface area contributed by atoms with E-state index >= 15 is 0 Å². The first kappa shape index (κ1) is 27.2. The Bertz CT molecular complexity index is 984. The zero-order valence-corrected chi connectivity index (χ0v) is 21.4. The Balaban J connectivity index is 2.41. The van der Waals surface area contributed by atoms with E-state index < -0.39 is 59.9 Å². The number of aliphatic carboxylic acids is 2. The van der Waals surface area contributed by atoms with Crippen molar-refractivity contribution in [1.82, 2.24) is 4.90 Å². The van der Waals surface area contributed by atoms with Gasteiger partial charge >= 0.3 is 24.1 Å². The maximum atomic E-state index is 12.6. The summed E-state index contributed by atoms with van der Waals surface area (Å²) in [6.45, 7) is 9.27. The number of nitrogens with one attached hydrogen (secondary N) is 1. The number of halogens is 1. The van der Waals surface area contributed by atoms with Gasteiger partial charge in [-0.3, -0.25) is 10.2 Å². The lowest BCUT2D eigenvalue weighted by Crippen LogP contribution is -2.48. The Morgan fingerprint density at radius 2 is 1.65 bits per heavy atom. The van der Waals surface area contributed by atoms with E-state index in [9.17, 15) is 29.4 Å². The van der Waals surface area contributed by atoms with E-state index in [-0.39, 0.29) is 11.4 Å². The molecule has 0 bridgehead atoms. The lowest BCUT2D eigenvalue weighted by atomic mass is 10.00. The first-order valence-electron chi connectivity index (χ1n) is 10.4. The van der Waals surface area contributed by atoms with Crippen LogP contribution in [0, 0.1) is 0 Å². The van der Waals surface area contributed by atoms with Crippen LogP contribution in [0.3, 0.4) is 0 Å². The summed E-state index contributed by atoms with van der Waals surface area (Å²) in [5.74, 6) is -2.94. The average Bonchev–Trinajstić information content (AvgIpc) is 3.03. The van der Waals surface area contributed by atoms with Crippen LogP contribution < -0.4 is 10.1 Å². The summed E-state index contributed by atoms with van der Waals surface area (Å²) >= 11 is 3.27. The van der Waals surface area contributed by atoms with E-state index in [0.717, 1.165) is 4.90 Å². The molecule has 3 N–H and O–H groups in total. The number of amides is 2. The SMILES string of the molecule is CC(C)(C)OC(=O)Nc1ccc(Br)cc1O[C@]1(C(=O)O)C[C@@H](C(=O)O)N(C(=O)OC(C)(C)C)C1. The lowest BCUT2D eigenvalue weighted by molar-refractivity contribution is -0.154. The zero-order valence-electron chi connectivity index (χ0n) is 19.8. The van der Waals surface area contributed by atoms with E-state index in [2.05, 4.69) is 21.2 Å². The molecule has 1 aromatic carbocycles. The molecule has 1 heterocycles. The Hall–Kier alpha value is -3.02. The van der Waals surface area contributed by atoms with Gasteiger partial charge in [0.15, 0.2) is 0 Å². The van der Waals surface area contributed by atoms with Gasteiger partial charge in [-0.15, -0.1) is 0 Å². The van der Waals surface area contributed by atoms with E-state index in [1.54, 1.807) is 47.6 Å². The Morgan fingerprint density at radius 3 is 2.15 bits per heavy atom. The number of carbonyl (C=O) groups excluding carboxylic acids is 2. The van der Waals surface area contributed by atoms with Gasteiger partial charge in [0, 0.05) is 10.9 Å². The summed E-state index contributed by atoms with van der Waals surface area (Å²) in [7, 11) is 0. The summed E-state index contributed by atoms with van der Waals surface area (Å²) in [5.41, 5.74) is -3.73. The highest BCUT2D eigenvalue weighted by Crippen LogP contribution is 2.38. The molecule has 0 radical (unpaired) electrons. The topological polar surface area (TPSA) is 152 Å². The first-order chi connectivity index (χ1) is 15.4. The van der Waals surface area contributed by atoms with Crippen LogP contribution in [0.5, 0.6) is 5.75 Å². The predicted octanol–water partition coefficient (Wildman–Crippen LogP) is 4.09. The Kier molecular flexibility index (Phi) is 7.76. The van der Waals surface area contributed by atoms with Crippen molar-refractivity contribution in [3.05, 3.63) is 22.7 Å². The van der Waals surface area contributed by atoms with Crippen molar-refractivity contribution in [3.8, 4) is 5.75 Å². The van der Waals surface area contributed by atoms with Crippen molar-refractivity contribution >= 4 is 45.7 Å². The largest absolute Gasteiger partial charge is 0.480 e. The molecular formula is C22H29BrN2O9. The van der Waals surface area contributed by atoms with Gasteiger partial charge in [-0.05, 0) is 59.7 Å². The third-order valence-electron chi connectivity index (χ3n) is 4.51. The highest BCUT2D eigenvalue weighted by Gasteiger charge is 2.57. The molecule has 0 aromatic heterocycles. The summed E-state index contributed by atoms with van der Waals surface area (Å²) in [6, 6.07) is 2.98. The minimum atomic E-state index is -2.12. The molecule has 1 saturated heterocycles. The van der Waals surface area contributed by atoms with Crippen LogP contribution in [0.2, 0.25) is 0 Å². The first-order valence-corrected chi connectivity index (χ1v) is 11.2. The van der Waals surface area contributed by atoms with Crippen molar-refractivity contribution in [3.63, 3.8) is 0 Å². The Morgan fingerprint density at radius 1 is 1.06 bits per heavy atom. The maximum Gasteiger partial charge on any atom is 0.412 e. The number of carboxylic acids is 2. The number of benzene rings is 1. The number of likely N-dealkylation sites (tertiary alicyclic amines) is 1. The fourth-order valence-corrected chi connectivity index (χ4v) is 3.53. The van der Waals surface area contributed by atoms with Crippen molar-refractivity contribution in [2.24, 2.45) is 0 Å². The highest BCUT2D eigenvalue weighted by atomic mass is 79.9. The average molecular weight is 545 g/mol. The third-order valence-corrected chi connectivity index (χ3v) is 5.01. The number of carboxylic acid groups (broad SMARTS) is 2. The summed E-state index contributed by atoms with van der Waals surface area (Å²) in [4.78, 5) is 49.9. The lowest BCUT2D eigenvalue weighted by Gasteiger charge is -2.29. The quantitative estimate of drug-likeness (QED) is 0.497. The van der Waals surface area contributed by atoms with Crippen LogP contribution >= 0.6 is 15.9 Å². The van der Waals surface area contributed by atoms with Gasteiger partial charge in [-0.25, -0.2) is 19.2 Å². The van der Waals surface area contributed by atoms with E-state index in [0.29, 0.717) is 4.47 Å². The molecule has 34 heavy (non-hydrogen) atoms. The summed E-state index contributed by atoms with van der Waals surface area (Å²) < 4.78 is 16.8. The second-order valence-corrected chi connectivity index (χ2v) is 10.8. The smallest absolute Gasteiger partial charge is 0.412 e. The molecule has 188 valence electrons. The second-order valence-electron chi connectivity index (χ2n) is 9.84. The number of carbonyl (C=O) groups is 4. The number of ether oxygens (including phenoxy) is 3. The predicted molar refractivity (Wildman–Crippen MR) is 124 cm³/mol. The molecule has 0 saturated carbocycles. The van der Waals surface area contributed by atoms with Crippen LogP contribution in [0.25, 0.3) is 0 Å².